The van der Waals surface area contributed by atoms with Crippen molar-refractivity contribution in [3.63, 3.8) is 0 Å². The van der Waals surface area contributed by atoms with E-state index in [-0.39, 0.29) is 5.91 Å². The third kappa shape index (κ3) is 3.38. The smallest absolute Gasteiger partial charge is 0.265 e. The van der Waals surface area contributed by atoms with Gasteiger partial charge in [0.1, 0.15) is 11.3 Å². The molecule has 0 saturated heterocycles. The van der Waals surface area contributed by atoms with Gasteiger partial charge in [0.15, 0.2) is 5.65 Å². The van der Waals surface area contributed by atoms with Gasteiger partial charge in [0.25, 0.3) is 5.91 Å². The van der Waals surface area contributed by atoms with Crippen LogP contribution in [-0.4, -0.2) is 20.9 Å². The summed E-state index contributed by atoms with van der Waals surface area (Å²) in [7, 11) is 0. The summed E-state index contributed by atoms with van der Waals surface area (Å²) < 4.78 is 5.75. The Morgan fingerprint density at radius 3 is 2.62 bits per heavy atom. The van der Waals surface area contributed by atoms with Crippen molar-refractivity contribution in [1.82, 2.24) is 15.0 Å². The largest absolute Gasteiger partial charge is 0.439 e. The van der Waals surface area contributed by atoms with Gasteiger partial charge in [-0.1, -0.05) is 0 Å². The number of aromatic nitrogens is 3. The summed E-state index contributed by atoms with van der Waals surface area (Å²) >= 11 is 1.43. The van der Waals surface area contributed by atoms with Gasteiger partial charge in [-0.15, -0.1) is 11.3 Å². The van der Waals surface area contributed by atoms with E-state index < -0.39 is 0 Å². The van der Waals surface area contributed by atoms with Crippen LogP contribution < -0.4 is 10.1 Å². The molecule has 128 valence electrons. The van der Waals surface area contributed by atoms with Crippen molar-refractivity contribution in [2.45, 2.75) is 6.92 Å². The molecule has 26 heavy (non-hydrogen) atoms. The van der Waals surface area contributed by atoms with Gasteiger partial charge >= 0.3 is 0 Å². The molecule has 0 aliphatic rings. The average molecular weight is 362 g/mol. The summed E-state index contributed by atoms with van der Waals surface area (Å²) in [5.41, 5.74) is 2.91. The minimum Gasteiger partial charge on any atom is -0.439 e. The van der Waals surface area contributed by atoms with E-state index in [0.717, 1.165) is 5.56 Å². The number of nitrogens with zero attached hydrogens (tertiary/aromatic N) is 3. The van der Waals surface area contributed by atoms with E-state index in [0.29, 0.717) is 33.4 Å². The molecule has 4 aromatic rings. The van der Waals surface area contributed by atoms with E-state index in [4.69, 9.17) is 4.74 Å². The molecule has 1 aromatic carbocycles. The van der Waals surface area contributed by atoms with Crippen molar-refractivity contribution in [2.24, 2.45) is 0 Å². The van der Waals surface area contributed by atoms with Crippen LogP contribution in [0.3, 0.4) is 0 Å². The zero-order valence-corrected chi connectivity index (χ0v) is 14.7. The highest BCUT2D eigenvalue weighted by Crippen LogP contribution is 2.24. The average Bonchev–Trinajstić information content (AvgIpc) is 3.09. The van der Waals surface area contributed by atoms with Gasteiger partial charge in [0.2, 0.25) is 5.88 Å². The maximum Gasteiger partial charge on any atom is 0.265 e. The fraction of sp³-hybridized carbons (Fsp3) is 0.0526. The second kappa shape index (κ2) is 6.89. The molecule has 0 fully saturated rings. The van der Waals surface area contributed by atoms with Crippen molar-refractivity contribution >= 4 is 34.1 Å². The Hall–Kier alpha value is -3.32. The van der Waals surface area contributed by atoms with Crippen LogP contribution in [0.5, 0.6) is 11.6 Å². The summed E-state index contributed by atoms with van der Waals surface area (Å²) in [6, 6.07) is 12.6. The first-order chi connectivity index (χ1) is 12.7. The number of ether oxygens (including phenoxy) is 1. The Kier molecular flexibility index (Phi) is 4.28. The maximum atomic E-state index is 12.2. The lowest BCUT2D eigenvalue weighted by Crippen LogP contribution is -2.11. The molecule has 0 radical (unpaired) electrons. The van der Waals surface area contributed by atoms with Gasteiger partial charge in [-0.2, -0.15) is 4.98 Å². The standard InChI is InChI=1S/C19H14N4O2S/c1-12-8-11-26-17(12)19(24)22-13-2-4-14(5-3-13)25-16-7-6-15-18(23-16)21-10-9-20-15/h2-11H,1H3,(H,22,24). The Morgan fingerprint density at radius 2 is 1.85 bits per heavy atom. The van der Waals surface area contributed by atoms with Gasteiger partial charge < -0.3 is 10.1 Å². The number of amides is 1. The zero-order valence-electron chi connectivity index (χ0n) is 13.8. The number of nitrogens with one attached hydrogen (secondary N) is 1. The van der Waals surface area contributed by atoms with Crippen molar-refractivity contribution < 1.29 is 9.53 Å². The van der Waals surface area contributed by atoms with Crippen LogP contribution in [0.2, 0.25) is 0 Å². The monoisotopic (exact) mass is 362 g/mol. The number of hydrogen-bond acceptors (Lipinski definition) is 6. The summed E-state index contributed by atoms with van der Waals surface area (Å²) in [6.07, 6.45) is 3.21. The normalized spacial score (nSPS) is 10.7. The molecule has 0 bridgehead atoms. The number of hydrogen-bond donors (Lipinski definition) is 1. The lowest BCUT2D eigenvalue weighted by Gasteiger charge is -2.08. The number of rotatable bonds is 4. The van der Waals surface area contributed by atoms with E-state index in [2.05, 4.69) is 20.3 Å². The van der Waals surface area contributed by atoms with Crippen LogP contribution in [0.15, 0.2) is 60.2 Å². The summed E-state index contributed by atoms with van der Waals surface area (Å²) in [6.45, 7) is 1.92. The number of aryl methyl sites for hydroxylation is 1. The summed E-state index contributed by atoms with van der Waals surface area (Å²) in [4.78, 5) is 25.6. The van der Waals surface area contributed by atoms with Crippen LogP contribution in [-0.2, 0) is 0 Å². The second-order valence-electron chi connectivity index (χ2n) is 5.56. The highest BCUT2D eigenvalue weighted by molar-refractivity contribution is 7.12. The Balaban J connectivity index is 1.47. The third-order valence-corrected chi connectivity index (χ3v) is 4.72. The molecule has 0 aliphatic carbocycles. The van der Waals surface area contributed by atoms with Crippen molar-refractivity contribution in [1.29, 1.82) is 0 Å². The third-order valence-electron chi connectivity index (χ3n) is 3.71. The van der Waals surface area contributed by atoms with Gasteiger partial charge in [-0.05, 0) is 54.3 Å². The molecular weight excluding hydrogens is 348 g/mol. The molecule has 0 aliphatic heterocycles. The second-order valence-corrected chi connectivity index (χ2v) is 6.48. The molecule has 0 saturated carbocycles. The fourth-order valence-corrected chi connectivity index (χ4v) is 3.23. The highest BCUT2D eigenvalue weighted by Gasteiger charge is 2.10. The number of carbonyl (C=O) groups excluding carboxylic acids is 1. The Labute approximate surface area is 153 Å². The van der Waals surface area contributed by atoms with Crippen LogP contribution in [0.1, 0.15) is 15.2 Å². The predicted octanol–water partition coefficient (Wildman–Crippen LogP) is 4.44. The molecule has 3 aromatic heterocycles. The van der Waals surface area contributed by atoms with E-state index in [1.165, 1.54) is 11.3 Å². The fourth-order valence-electron chi connectivity index (χ4n) is 2.41. The van der Waals surface area contributed by atoms with Crippen LogP contribution >= 0.6 is 11.3 Å². The first-order valence-electron chi connectivity index (χ1n) is 7.90. The topological polar surface area (TPSA) is 77.0 Å². The van der Waals surface area contributed by atoms with Crippen LogP contribution in [0.4, 0.5) is 5.69 Å². The predicted molar refractivity (Wildman–Crippen MR) is 101 cm³/mol. The number of benzene rings is 1. The minimum absolute atomic E-state index is 0.110. The molecule has 6 nitrogen and oxygen atoms in total. The number of anilines is 1. The molecule has 1 N–H and O–H groups in total. The number of thiophene rings is 1. The summed E-state index contributed by atoms with van der Waals surface area (Å²) in [5, 5.41) is 4.79. The van der Waals surface area contributed by atoms with Crippen LogP contribution in [0, 0.1) is 6.92 Å². The Bertz CT molecular complexity index is 1080. The summed E-state index contributed by atoms with van der Waals surface area (Å²) in [5.74, 6) is 0.941. The molecule has 1 amide bonds. The van der Waals surface area contributed by atoms with E-state index in [1.807, 2.05) is 24.4 Å². The van der Waals surface area contributed by atoms with Gasteiger partial charge in [-0.25, -0.2) is 4.98 Å². The van der Waals surface area contributed by atoms with Gasteiger partial charge in [0, 0.05) is 24.1 Å². The zero-order chi connectivity index (χ0) is 17.9. The van der Waals surface area contributed by atoms with Crippen molar-refractivity contribution in [3.8, 4) is 11.6 Å². The molecule has 7 heteroatoms. The quantitative estimate of drug-likeness (QED) is 0.581. The lowest BCUT2D eigenvalue weighted by atomic mass is 10.2. The first-order valence-corrected chi connectivity index (χ1v) is 8.78. The molecule has 0 spiro atoms. The maximum absolute atomic E-state index is 12.2. The van der Waals surface area contributed by atoms with Crippen molar-refractivity contribution in [3.05, 3.63) is 70.7 Å². The Morgan fingerprint density at radius 1 is 1.04 bits per heavy atom. The lowest BCUT2D eigenvalue weighted by molar-refractivity contribution is 0.103. The van der Waals surface area contributed by atoms with Gasteiger partial charge in [-0.3, -0.25) is 9.78 Å². The molecule has 0 atom stereocenters. The molecule has 0 unspecified atom stereocenters. The molecule has 4 rings (SSSR count). The van der Waals surface area contributed by atoms with E-state index in [1.54, 1.807) is 42.7 Å². The van der Waals surface area contributed by atoms with E-state index in [9.17, 15) is 4.79 Å². The number of fused-ring (bicyclic) bond motifs is 1. The van der Waals surface area contributed by atoms with Crippen LogP contribution in [0.25, 0.3) is 11.2 Å². The highest BCUT2D eigenvalue weighted by atomic mass is 32.1. The molecule has 3 heterocycles. The SMILES string of the molecule is Cc1ccsc1C(=O)Nc1ccc(Oc2ccc3nccnc3n2)cc1. The van der Waals surface area contributed by atoms with Gasteiger partial charge in [0.05, 0.1) is 4.88 Å². The first kappa shape index (κ1) is 16.2. The van der Waals surface area contributed by atoms with E-state index >= 15 is 0 Å². The number of pyridine rings is 1. The van der Waals surface area contributed by atoms with Crippen molar-refractivity contribution in [2.75, 3.05) is 5.32 Å². The molecular formula is C19H14N4O2S. The number of carbonyl (C=O) groups is 1. The minimum atomic E-state index is -0.110.